The summed E-state index contributed by atoms with van der Waals surface area (Å²) in [6, 6.07) is 5.36. The van der Waals surface area contributed by atoms with E-state index in [1.54, 1.807) is 19.1 Å². The predicted molar refractivity (Wildman–Crippen MR) is 64.8 cm³/mol. The number of nitrogens with one attached hydrogen (secondary N) is 1. The van der Waals surface area contributed by atoms with Gasteiger partial charge in [0, 0.05) is 22.5 Å². The lowest BCUT2D eigenvalue weighted by molar-refractivity contribution is -0.116. The number of aryl methyl sites for hydroxylation is 1. The molecule has 1 aromatic rings. The normalized spacial score (nSPS) is 12.3. The van der Waals surface area contributed by atoms with Gasteiger partial charge in [0.05, 0.1) is 0 Å². The smallest absolute Gasteiger partial charge is 0.225 e. The van der Waals surface area contributed by atoms with Gasteiger partial charge in [-0.25, -0.2) is 0 Å². The molecule has 1 amide bonds. The van der Waals surface area contributed by atoms with E-state index in [0.29, 0.717) is 11.4 Å². The van der Waals surface area contributed by atoms with Crippen molar-refractivity contribution in [3.05, 3.63) is 28.8 Å². The number of carbonyl (C=O) groups is 1. The van der Waals surface area contributed by atoms with Gasteiger partial charge < -0.3 is 5.32 Å². The molecule has 0 bridgehead atoms. The Labute approximate surface area is 99.6 Å². The fourth-order valence-corrected chi connectivity index (χ4v) is 1.45. The van der Waals surface area contributed by atoms with E-state index in [-0.39, 0.29) is 11.3 Å². The van der Waals surface area contributed by atoms with Crippen molar-refractivity contribution >= 4 is 34.8 Å². The molecule has 1 N–H and O–H groups in total. The van der Waals surface area contributed by atoms with Gasteiger partial charge in [-0.2, -0.15) is 0 Å². The van der Waals surface area contributed by atoms with Crippen LogP contribution in [0.4, 0.5) is 5.69 Å². The fourth-order valence-electron chi connectivity index (χ4n) is 1.19. The van der Waals surface area contributed by atoms with Gasteiger partial charge in [0.15, 0.2) is 0 Å². The predicted octanol–water partition coefficient (Wildman–Crippen LogP) is 3.60. The summed E-state index contributed by atoms with van der Waals surface area (Å²) in [5.41, 5.74) is 1.69. The molecule has 0 aromatic heterocycles. The van der Waals surface area contributed by atoms with Gasteiger partial charge >= 0.3 is 0 Å². The lowest BCUT2D eigenvalue weighted by atomic mass is 10.2. The molecule has 0 aliphatic heterocycles. The number of alkyl halides is 1. The van der Waals surface area contributed by atoms with Gasteiger partial charge in [-0.05, 0) is 37.6 Å². The highest BCUT2D eigenvalue weighted by atomic mass is 35.5. The van der Waals surface area contributed by atoms with Crippen LogP contribution in [-0.2, 0) is 4.79 Å². The molecule has 4 heteroatoms. The Morgan fingerprint density at radius 1 is 1.53 bits per heavy atom. The number of carbonyl (C=O) groups excluding carboxylic acids is 1. The lowest BCUT2D eigenvalue weighted by Gasteiger charge is -2.07. The van der Waals surface area contributed by atoms with Crippen molar-refractivity contribution in [2.45, 2.75) is 25.6 Å². The topological polar surface area (TPSA) is 29.1 Å². The van der Waals surface area contributed by atoms with Crippen molar-refractivity contribution < 1.29 is 4.79 Å². The molecule has 82 valence electrons. The van der Waals surface area contributed by atoms with Crippen molar-refractivity contribution in [3.63, 3.8) is 0 Å². The Morgan fingerprint density at radius 3 is 2.73 bits per heavy atom. The molecule has 0 aliphatic carbocycles. The van der Waals surface area contributed by atoms with Crippen molar-refractivity contribution in [1.82, 2.24) is 0 Å². The van der Waals surface area contributed by atoms with Crippen LogP contribution in [0.5, 0.6) is 0 Å². The standard InChI is InChI=1S/C11H13Cl2NO/c1-7-5-9(3-4-10(7)13)14-11(15)6-8(2)12/h3-5,8H,6H2,1-2H3,(H,14,15). The van der Waals surface area contributed by atoms with Crippen molar-refractivity contribution in [2.24, 2.45) is 0 Å². The molecule has 1 aromatic carbocycles. The summed E-state index contributed by atoms with van der Waals surface area (Å²) >= 11 is 11.6. The molecular weight excluding hydrogens is 233 g/mol. The maximum Gasteiger partial charge on any atom is 0.225 e. The lowest BCUT2D eigenvalue weighted by Crippen LogP contribution is -2.14. The molecule has 0 radical (unpaired) electrons. The molecule has 0 saturated heterocycles. The first-order valence-electron chi connectivity index (χ1n) is 4.69. The second kappa shape index (κ2) is 5.38. The van der Waals surface area contributed by atoms with E-state index in [1.807, 2.05) is 13.0 Å². The van der Waals surface area contributed by atoms with Gasteiger partial charge in [0.25, 0.3) is 0 Å². The fraction of sp³-hybridized carbons (Fsp3) is 0.364. The van der Waals surface area contributed by atoms with Crippen LogP contribution in [-0.4, -0.2) is 11.3 Å². The number of amides is 1. The molecule has 2 nitrogen and oxygen atoms in total. The molecule has 0 fully saturated rings. The highest BCUT2D eigenvalue weighted by Gasteiger charge is 2.06. The van der Waals surface area contributed by atoms with E-state index in [2.05, 4.69) is 5.32 Å². The first kappa shape index (κ1) is 12.3. The molecule has 1 atom stereocenters. The van der Waals surface area contributed by atoms with Crippen LogP contribution in [0.1, 0.15) is 18.9 Å². The van der Waals surface area contributed by atoms with E-state index in [1.165, 1.54) is 0 Å². The third-order valence-electron chi connectivity index (χ3n) is 1.91. The molecular formula is C11H13Cl2NO. The zero-order chi connectivity index (χ0) is 11.4. The van der Waals surface area contributed by atoms with Crippen LogP contribution in [0.3, 0.4) is 0 Å². The minimum absolute atomic E-state index is 0.0841. The summed E-state index contributed by atoms with van der Waals surface area (Å²) in [6.45, 7) is 3.68. The monoisotopic (exact) mass is 245 g/mol. The molecule has 0 saturated carbocycles. The maximum atomic E-state index is 11.4. The average molecular weight is 246 g/mol. The summed E-state index contributed by atoms with van der Waals surface area (Å²) in [7, 11) is 0. The molecule has 0 heterocycles. The summed E-state index contributed by atoms with van der Waals surface area (Å²) in [5.74, 6) is -0.0841. The maximum absolute atomic E-state index is 11.4. The van der Waals surface area contributed by atoms with Gasteiger partial charge in [0.1, 0.15) is 0 Å². The van der Waals surface area contributed by atoms with Gasteiger partial charge in [-0.3, -0.25) is 4.79 Å². The first-order valence-corrected chi connectivity index (χ1v) is 5.50. The van der Waals surface area contributed by atoms with Crippen molar-refractivity contribution in [2.75, 3.05) is 5.32 Å². The number of benzene rings is 1. The number of hydrogen-bond donors (Lipinski definition) is 1. The van der Waals surface area contributed by atoms with Gasteiger partial charge in [0.2, 0.25) is 5.91 Å². The van der Waals surface area contributed by atoms with Crippen LogP contribution in [0.2, 0.25) is 5.02 Å². The van der Waals surface area contributed by atoms with E-state index in [0.717, 1.165) is 11.3 Å². The average Bonchev–Trinajstić information content (AvgIpc) is 2.10. The Morgan fingerprint density at radius 2 is 2.20 bits per heavy atom. The van der Waals surface area contributed by atoms with Crippen LogP contribution >= 0.6 is 23.2 Å². The minimum atomic E-state index is -0.154. The number of anilines is 1. The molecule has 1 rings (SSSR count). The molecule has 0 aliphatic rings. The van der Waals surface area contributed by atoms with Crippen LogP contribution in [0, 0.1) is 6.92 Å². The van der Waals surface area contributed by atoms with Crippen LogP contribution in [0.25, 0.3) is 0 Å². The number of hydrogen-bond acceptors (Lipinski definition) is 1. The van der Waals surface area contributed by atoms with Crippen LogP contribution < -0.4 is 5.32 Å². The highest BCUT2D eigenvalue weighted by molar-refractivity contribution is 6.31. The third-order valence-corrected chi connectivity index (χ3v) is 2.49. The van der Waals surface area contributed by atoms with E-state index < -0.39 is 0 Å². The SMILES string of the molecule is Cc1cc(NC(=O)CC(C)Cl)ccc1Cl. The summed E-state index contributed by atoms with van der Waals surface area (Å²) in [5, 5.41) is 3.30. The summed E-state index contributed by atoms with van der Waals surface area (Å²) in [4.78, 5) is 11.4. The number of rotatable bonds is 3. The second-order valence-electron chi connectivity index (χ2n) is 3.50. The summed E-state index contributed by atoms with van der Waals surface area (Å²) < 4.78 is 0. The second-order valence-corrected chi connectivity index (χ2v) is 4.65. The largest absolute Gasteiger partial charge is 0.326 e. The molecule has 15 heavy (non-hydrogen) atoms. The first-order chi connectivity index (χ1) is 6.99. The Bertz CT molecular complexity index is 364. The molecule has 0 spiro atoms. The number of halogens is 2. The Balaban J connectivity index is 2.65. The highest BCUT2D eigenvalue weighted by Crippen LogP contribution is 2.19. The van der Waals surface area contributed by atoms with Gasteiger partial charge in [-0.15, -0.1) is 11.6 Å². The minimum Gasteiger partial charge on any atom is -0.326 e. The summed E-state index contributed by atoms with van der Waals surface area (Å²) in [6.07, 6.45) is 0.309. The Kier molecular flexibility index (Phi) is 4.43. The van der Waals surface area contributed by atoms with Crippen molar-refractivity contribution in [1.29, 1.82) is 0 Å². The quantitative estimate of drug-likeness (QED) is 0.811. The zero-order valence-electron chi connectivity index (χ0n) is 8.68. The third kappa shape index (κ3) is 4.10. The Hall–Kier alpha value is -0.730. The zero-order valence-corrected chi connectivity index (χ0v) is 10.2. The molecule has 1 unspecified atom stereocenters. The van der Waals surface area contributed by atoms with E-state index in [9.17, 15) is 4.79 Å². The van der Waals surface area contributed by atoms with E-state index >= 15 is 0 Å². The van der Waals surface area contributed by atoms with Gasteiger partial charge in [-0.1, -0.05) is 11.6 Å². The van der Waals surface area contributed by atoms with Crippen molar-refractivity contribution in [3.8, 4) is 0 Å². The van der Waals surface area contributed by atoms with Crippen LogP contribution in [0.15, 0.2) is 18.2 Å². The van der Waals surface area contributed by atoms with E-state index in [4.69, 9.17) is 23.2 Å².